The molecule has 27 heavy (non-hydrogen) atoms. The van der Waals surface area contributed by atoms with Gasteiger partial charge in [-0.1, -0.05) is 30.3 Å². The van der Waals surface area contributed by atoms with Crippen LogP contribution in [-0.4, -0.2) is 26.7 Å². The van der Waals surface area contributed by atoms with Crippen LogP contribution in [-0.2, 0) is 6.42 Å². The van der Waals surface area contributed by atoms with Gasteiger partial charge in [0, 0.05) is 18.0 Å². The zero-order valence-corrected chi connectivity index (χ0v) is 14.7. The molecule has 3 aromatic heterocycles. The number of nitrogens with zero attached hydrogens (tertiary/aromatic N) is 4. The van der Waals surface area contributed by atoms with Crippen molar-refractivity contribution in [2.24, 2.45) is 0 Å². The summed E-state index contributed by atoms with van der Waals surface area (Å²) in [6, 6.07) is 19.7. The molecule has 2 aromatic carbocycles. The first-order valence-corrected chi connectivity index (χ1v) is 8.63. The molecule has 6 heteroatoms. The van der Waals surface area contributed by atoms with Gasteiger partial charge < -0.3 is 9.15 Å². The molecule has 0 aliphatic heterocycles. The molecular weight excluding hydrogens is 340 g/mol. The summed E-state index contributed by atoms with van der Waals surface area (Å²) in [6.07, 6.45) is 2.34. The van der Waals surface area contributed by atoms with E-state index < -0.39 is 0 Å². The highest BCUT2D eigenvalue weighted by Gasteiger charge is 2.14. The van der Waals surface area contributed by atoms with E-state index in [1.165, 1.54) is 0 Å². The second-order valence-electron chi connectivity index (χ2n) is 6.24. The number of hydrogen-bond donors (Lipinski definition) is 0. The van der Waals surface area contributed by atoms with Gasteiger partial charge in [-0.15, -0.1) is 5.10 Å². The lowest BCUT2D eigenvalue weighted by molar-refractivity contribution is 0.414. The van der Waals surface area contributed by atoms with Crippen LogP contribution in [0.15, 0.2) is 71.3 Å². The van der Waals surface area contributed by atoms with Crippen LogP contribution in [0.4, 0.5) is 0 Å². The van der Waals surface area contributed by atoms with Crippen LogP contribution in [0.5, 0.6) is 5.75 Å². The number of aromatic nitrogens is 4. The van der Waals surface area contributed by atoms with Crippen LogP contribution in [0, 0.1) is 0 Å². The predicted octanol–water partition coefficient (Wildman–Crippen LogP) is 4.14. The largest absolute Gasteiger partial charge is 0.497 e. The molecule has 0 unspecified atom stereocenters. The van der Waals surface area contributed by atoms with E-state index in [-0.39, 0.29) is 0 Å². The van der Waals surface area contributed by atoms with E-state index in [1.807, 2.05) is 60.7 Å². The Bertz CT molecular complexity index is 1210. The van der Waals surface area contributed by atoms with Crippen LogP contribution in [0.2, 0.25) is 0 Å². The number of methoxy groups -OCH3 is 1. The second kappa shape index (κ2) is 6.25. The Balaban J connectivity index is 1.54. The zero-order valence-electron chi connectivity index (χ0n) is 14.7. The number of hydrogen-bond acceptors (Lipinski definition) is 5. The Morgan fingerprint density at radius 1 is 1.04 bits per heavy atom. The number of benzene rings is 2. The smallest absolute Gasteiger partial charge is 0.253 e. The highest BCUT2D eigenvalue weighted by Crippen LogP contribution is 2.27. The second-order valence-corrected chi connectivity index (χ2v) is 6.24. The molecule has 0 bridgehead atoms. The molecule has 0 radical (unpaired) electrons. The fourth-order valence-electron chi connectivity index (χ4n) is 3.13. The van der Waals surface area contributed by atoms with E-state index in [0.29, 0.717) is 18.0 Å². The fraction of sp³-hybridized carbons (Fsp3) is 0.0952. The molecule has 3 heterocycles. The minimum atomic E-state index is 0.552. The number of ether oxygens (including phenoxy) is 1. The van der Waals surface area contributed by atoms with Gasteiger partial charge in [0.25, 0.3) is 5.78 Å². The van der Waals surface area contributed by atoms with Crippen molar-refractivity contribution in [1.82, 2.24) is 19.6 Å². The van der Waals surface area contributed by atoms with E-state index in [1.54, 1.807) is 17.8 Å². The summed E-state index contributed by atoms with van der Waals surface area (Å²) in [4.78, 5) is 8.90. The van der Waals surface area contributed by atoms with Crippen molar-refractivity contribution in [3.05, 3.63) is 78.2 Å². The molecule has 0 N–H and O–H groups in total. The van der Waals surface area contributed by atoms with E-state index in [4.69, 9.17) is 9.15 Å². The molecule has 0 spiro atoms. The molecule has 0 saturated carbocycles. The minimum Gasteiger partial charge on any atom is -0.497 e. The topological polar surface area (TPSA) is 65.5 Å². The lowest BCUT2D eigenvalue weighted by atomic mass is 10.1. The van der Waals surface area contributed by atoms with E-state index in [9.17, 15) is 0 Å². The van der Waals surface area contributed by atoms with Crippen LogP contribution >= 0.6 is 0 Å². The lowest BCUT2D eigenvalue weighted by Gasteiger charge is -2.01. The quantitative estimate of drug-likeness (QED) is 0.484. The monoisotopic (exact) mass is 356 g/mol. The first kappa shape index (κ1) is 15.6. The van der Waals surface area contributed by atoms with Crippen molar-refractivity contribution in [3.8, 4) is 17.2 Å². The number of fused-ring (bicyclic) bond motifs is 2. The summed E-state index contributed by atoms with van der Waals surface area (Å²) in [7, 11) is 1.66. The number of para-hydroxylation sites is 1. The van der Waals surface area contributed by atoms with Crippen LogP contribution in [0.1, 0.15) is 11.4 Å². The number of furan rings is 1. The van der Waals surface area contributed by atoms with Gasteiger partial charge in [-0.3, -0.25) is 0 Å². The highest BCUT2D eigenvalue weighted by molar-refractivity contribution is 5.82. The summed E-state index contributed by atoms with van der Waals surface area (Å²) in [5, 5.41) is 5.70. The molecule has 5 rings (SSSR count). The number of rotatable bonds is 4. The average Bonchev–Trinajstić information content (AvgIpc) is 3.31. The third-order valence-electron chi connectivity index (χ3n) is 4.48. The third kappa shape index (κ3) is 2.81. The summed E-state index contributed by atoms with van der Waals surface area (Å²) in [5.74, 6) is 2.83. The van der Waals surface area contributed by atoms with Crippen LogP contribution in [0.3, 0.4) is 0 Å². The zero-order chi connectivity index (χ0) is 18.2. The average molecular weight is 356 g/mol. The Morgan fingerprint density at radius 2 is 1.89 bits per heavy atom. The van der Waals surface area contributed by atoms with Gasteiger partial charge in [-0.25, -0.2) is 4.98 Å². The Kier molecular flexibility index (Phi) is 3.60. The molecule has 0 fully saturated rings. The van der Waals surface area contributed by atoms with Crippen molar-refractivity contribution < 1.29 is 9.15 Å². The maximum atomic E-state index is 5.98. The normalized spacial score (nSPS) is 11.3. The highest BCUT2D eigenvalue weighted by atomic mass is 16.5. The molecular formula is C21H16N4O2. The van der Waals surface area contributed by atoms with Crippen LogP contribution < -0.4 is 4.74 Å². The molecule has 132 valence electrons. The minimum absolute atomic E-state index is 0.552. The molecule has 0 aliphatic rings. The Morgan fingerprint density at radius 3 is 2.70 bits per heavy atom. The standard InChI is InChI=1S/C21H16N4O2/c1-26-16-8-6-14(7-9-16)12-20-23-21-22-11-10-17(25(21)24-20)19-13-15-4-2-3-5-18(15)27-19/h2-11,13H,12H2,1H3. The van der Waals surface area contributed by atoms with Gasteiger partial charge in [-0.05, 0) is 35.9 Å². The van der Waals surface area contributed by atoms with Gasteiger partial charge in [0.15, 0.2) is 11.6 Å². The van der Waals surface area contributed by atoms with Crippen molar-refractivity contribution in [2.45, 2.75) is 6.42 Å². The molecule has 6 nitrogen and oxygen atoms in total. The first-order chi connectivity index (χ1) is 13.3. The van der Waals surface area contributed by atoms with E-state index >= 15 is 0 Å². The Hall–Kier alpha value is -3.67. The summed E-state index contributed by atoms with van der Waals surface area (Å²) >= 11 is 0. The summed E-state index contributed by atoms with van der Waals surface area (Å²) in [6.45, 7) is 0. The van der Waals surface area contributed by atoms with Crippen molar-refractivity contribution >= 4 is 16.7 Å². The Labute approximate surface area is 155 Å². The van der Waals surface area contributed by atoms with E-state index in [0.717, 1.165) is 33.7 Å². The molecule has 0 atom stereocenters. The molecule has 0 aliphatic carbocycles. The molecule has 5 aromatic rings. The van der Waals surface area contributed by atoms with Crippen molar-refractivity contribution in [1.29, 1.82) is 0 Å². The fourth-order valence-corrected chi connectivity index (χ4v) is 3.13. The maximum absolute atomic E-state index is 5.98. The van der Waals surface area contributed by atoms with Gasteiger partial charge in [0.1, 0.15) is 17.0 Å². The van der Waals surface area contributed by atoms with Crippen molar-refractivity contribution in [3.63, 3.8) is 0 Å². The predicted molar refractivity (Wildman–Crippen MR) is 102 cm³/mol. The summed E-state index contributed by atoms with van der Waals surface area (Å²) in [5.41, 5.74) is 2.78. The van der Waals surface area contributed by atoms with Crippen LogP contribution in [0.25, 0.3) is 28.2 Å². The SMILES string of the molecule is COc1ccc(Cc2nc3nccc(-c4cc5ccccc5o4)n3n2)cc1. The molecule has 0 amide bonds. The van der Waals surface area contributed by atoms with E-state index in [2.05, 4.69) is 15.1 Å². The van der Waals surface area contributed by atoms with Gasteiger partial charge in [0.05, 0.1) is 7.11 Å². The maximum Gasteiger partial charge on any atom is 0.253 e. The van der Waals surface area contributed by atoms with Gasteiger partial charge in [-0.2, -0.15) is 9.50 Å². The van der Waals surface area contributed by atoms with Gasteiger partial charge >= 0.3 is 0 Å². The van der Waals surface area contributed by atoms with Crippen molar-refractivity contribution in [2.75, 3.05) is 7.11 Å². The third-order valence-corrected chi connectivity index (χ3v) is 4.48. The first-order valence-electron chi connectivity index (χ1n) is 8.63. The van der Waals surface area contributed by atoms with Gasteiger partial charge in [0.2, 0.25) is 0 Å². The summed E-state index contributed by atoms with van der Waals surface area (Å²) < 4.78 is 12.9. The lowest BCUT2D eigenvalue weighted by Crippen LogP contribution is -1.96. The molecule has 0 saturated heterocycles.